The lowest BCUT2D eigenvalue weighted by molar-refractivity contribution is -0.112. The monoisotopic (exact) mass is 405 g/mol. The van der Waals surface area contributed by atoms with Crippen LogP contribution in [-0.4, -0.2) is 30.2 Å². The summed E-state index contributed by atoms with van der Waals surface area (Å²) in [6.45, 7) is 0.247. The zero-order valence-electron chi connectivity index (χ0n) is 16.0. The number of carbonyl (C=O) groups is 1. The first kappa shape index (κ1) is 20.0. The first-order valence-electron chi connectivity index (χ1n) is 8.76. The highest BCUT2D eigenvalue weighted by atomic mass is 32.1. The number of hydrogen-bond donors (Lipinski definition) is 1. The molecule has 0 radical (unpaired) electrons. The Morgan fingerprint density at radius 1 is 1.17 bits per heavy atom. The van der Waals surface area contributed by atoms with Gasteiger partial charge in [0, 0.05) is 19.8 Å². The molecule has 3 aromatic rings. The van der Waals surface area contributed by atoms with Crippen molar-refractivity contribution in [2.75, 3.05) is 24.3 Å². The molecule has 1 heterocycles. The molecule has 0 saturated carbocycles. The van der Waals surface area contributed by atoms with E-state index in [2.05, 4.69) is 15.5 Å². The smallest absolute Gasteiger partial charge is 0.268 e. The first-order chi connectivity index (χ1) is 14.0. The second kappa shape index (κ2) is 9.48. The molecule has 29 heavy (non-hydrogen) atoms. The summed E-state index contributed by atoms with van der Waals surface area (Å²) in [5.74, 6) is 0.194. The van der Waals surface area contributed by atoms with Crippen LogP contribution in [0.15, 0.2) is 60.2 Å². The summed E-state index contributed by atoms with van der Waals surface area (Å²) in [7, 11) is 3.89. The Kier molecular flexibility index (Phi) is 6.55. The zero-order valence-corrected chi connectivity index (χ0v) is 16.8. The molecular formula is C21H19N5O2S. The van der Waals surface area contributed by atoms with Crippen LogP contribution in [0.2, 0.25) is 0 Å². The minimum Gasteiger partial charge on any atom is -0.486 e. The van der Waals surface area contributed by atoms with Crippen molar-refractivity contribution in [3.63, 3.8) is 0 Å². The Morgan fingerprint density at radius 2 is 1.90 bits per heavy atom. The van der Waals surface area contributed by atoms with Gasteiger partial charge in [0.25, 0.3) is 5.91 Å². The van der Waals surface area contributed by atoms with Gasteiger partial charge in [-0.2, -0.15) is 5.26 Å². The quantitative estimate of drug-likeness (QED) is 0.476. The van der Waals surface area contributed by atoms with Gasteiger partial charge < -0.3 is 9.64 Å². The molecule has 2 aromatic carbocycles. The lowest BCUT2D eigenvalue weighted by Crippen LogP contribution is -2.13. The fraction of sp³-hybridized carbons (Fsp3) is 0.143. The van der Waals surface area contributed by atoms with Crippen molar-refractivity contribution in [3.05, 3.63) is 70.7 Å². The Labute approximate surface area is 172 Å². The summed E-state index contributed by atoms with van der Waals surface area (Å²) in [6, 6.07) is 18.8. The highest BCUT2D eigenvalue weighted by Gasteiger charge is 2.13. The number of para-hydroxylation sites is 1. The van der Waals surface area contributed by atoms with Crippen molar-refractivity contribution in [2.24, 2.45) is 0 Å². The molecule has 1 amide bonds. The Bertz CT molecular complexity index is 1040. The second-order valence-corrected chi connectivity index (χ2v) is 7.27. The van der Waals surface area contributed by atoms with Crippen LogP contribution in [0.3, 0.4) is 0 Å². The molecule has 0 unspecified atom stereocenters. The van der Waals surface area contributed by atoms with Gasteiger partial charge in [0.2, 0.25) is 5.13 Å². The number of nitrogens with zero attached hydrogens (tertiary/aromatic N) is 4. The number of aromatic nitrogens is 2. The van der Waals surface area contributed by atoms with Crippen molar-refractivity contribution in [3.8, 4) is 11.8 Å². The number of ether oxygens (including phenoxy) is 1. The van der Waals surface area contributed by atoms with Crippen molar-refractivity contribution in [1.82, 2.24) is 10.2 Å². The fourth-order valence-electron chi connectivity index (χ4n) is 2.37. The Morgan fingerprint density at radius 3 is 2.55 bits per heavy atom. The van der Waals surface area contributed by atoms with Crippen molar-refractivity contribution in [1.29, 1.82) is 5.26 Å². The Balaban J connectivity index is 1.62. The van der Waals surface area contributed by atoms with Gasteiger partial charge in [-0.1, -0.05) is 41.7 Å². The van der Waals surface area contributed by atoms with Crippen LogP contribution >= 0.6 is 11.3 Å². The highest BCUT2D eigenvalue weighted by molar-refractivity contribution is 7.15. The normalized spacial score (nSPS) is 10.9. The number of nitriles is 1. The van der Waals surface area contributed by atoms with Gasteiger partial charge in [0.1, 0.15) is 24.0 Å². The van der Waals surface area contributed by atoms with Crippen LogP contribution in [0, 0.1) is 11.3 Å². The molecule has 0 spiro atoms. The lowest BCUT2D eigenvalue weighted by Gasteiger charge is -2.11. The maximum absolute atomic E-state index is 12.4. The number of rotatable bonds is 7. The molecule has 1 aromatic heterocycles. The summed E-state index contributed by atoms with van der Waals surface area (Å²) >= 11 is 1.20. The summed E-state index contributed by atoms with van der Waals surface area (Å²) in [5, 5.41) is 20.8. The van der Waals surface area contributed by atoms with Crippen molar-refractivity contribution < 1.29 is 9.53 Å². The van der Waals surface area contributed by atoms with Crippen LogP contribution in [0.25, 0.3) is 6.08 Å². The van der Waals surface area contributed by atoms with E-state index < -0.39 is 5.91 Å². The molecule has 146 valence electrons. The molecule has 0 fully saturated rings. The summed E-state index contributed by atoms with van der Waals surface area (Å²) in [5.41, 5.74) is 1.78. The molecular weight excluding hydrogens is 386 g/mol. The number of benzene rings is 2. The van der Waals surface area contributed by atoms with E-state index in [0.717, 1.165) is 17.0 Å². The van der Waals surface area contributed by atoms with E-state index in [1.165, 1.54) is 17.4 Å². The fourth-order valence-corrected chi connectivity index (χ4v) is 3.02. The van der Waals surface area contributed by atoms with E-state index >= 15 is 0 Å². The van der Waals surface area contributed by atoms with Gasteiger partial charge in [-0.25, -0.2) is 0 Å². The molecule has 0 aliphatic carbocycles. The van der Waals surface area contributed by atoms with E-state index in [0.29, 0.717) is 10.1 Å². The SMILES string of the molecule is CN(C)c1ccc(/C=C(/C#N)C(=O)Nc2nnc(COc3ccccc3)s2)cc1. The number of amides is 1. The second-order valence-electron chi connectivity index (χ2n) is 6.21. The third-order valence-electron chi connectivity index (χ3n) is 3.88. The standard InChI is InChI=1S/C21H19N5O2S/c1-26(2)17-10-8-15(9-11-17)12-16(13-22)20(27)23-21-25-24-19(29-21)14-28-18-6-4-3-5-7-18/h3-12H,14H2,1-2H3,(H,23,25,27)/b16-12-. The summed E-state index contributed by atoms with van der Waals surface area (Å²) in [4.78, 5) is 14.4. The minimum atomic E-state index is -0.532. The molecule has 0 bridgehead atoms. The van der Waals surface area contributed by atoms with Gasteiger partial charge in [0.05, 0.1) is 0 Å². The molecule has 1 N–H and O–H groups in total. The van der Waals surface area contributed by atoms with E-state index in [1.807, 2.05) is 79.7 Å². The largest absolute Gasteiger partial charge is 0.486 e. The van der Waals surface area contributed by atoms with E-state index in [1.54, 1.807) is 0 Å². The Hall–Kier alpha value is -3.70. The summed E-state index contributed by atoms with van der Waals surface area (Å²) in [6.07, 6.45) is 1.54. The molecule has 0 aliphatic heterocycles. The van der Waals surface area contributed by atoms with Gasteiger partial charge in [-0.15, -0.1) is 10.2 Å². The van der Waals surface area contributed by atoms with E-state index in [-0.39, 0.29) is 12.2 Å². The predicted octanol–water partition coefficient (Wildman–Crippen LogP) is 3.73. The van der Waals surface area contributed by atoms with Crippen molar-refractivity contribution >= 4 is 34.1 Å². The predicted molar refractivity (Wildman–Crippen MR) is 114 cm³/mol. The number of carbonyl (C=O) groups excluding carboxylic acids is 1. The van der Waals surface area contributed by atoms with Crippen LogP contribution in [0.4, 0.5) is 10.8 Å². The molecule has 8 heteroatoms. The maximum atomic E-state index is 12.4. The zero-order chi connectivity index (χ0) is 20.6. The van der Waals surface area contributed by atoms with Crippen molar-refractivity contribution in [2.45, 2.75) is 6.61 Å². The van der Waals surface area contributed by atoms with Gasteiger partial charge >= 0.3 is 0 Å². The van der Waals surface area contributed by atoms with Crippen LogP contribution in [-0.2, 0) is 11.4 Å². The number of anilines is 2. The summed E-state index contributed by atoms with van der Waals surface area (Å²) < 4.78 is 5.61. The average molecular weight is 405 g/mol. The van der Waals surface area contributed by atoms with E-state index in [4.69, 9.17) is 4.74 Å². The molecule has 3 rings (SSSR count). The van der Waals surface area contributed by atoms with Gasteiger partial charge in [0.15, 0.2) is 5.01 Å². The molecule has 0 saturated heterocycles. The topological polar surface area (TPSA) is 91.1 Å². The average Bonchev–Trinajstić information content (AvgIpc) is 3.18. The van der Waals surface area contributed by atoms with Crippen LogP contribution in [0.1, 0.15) is 10.6 Å². The molecule has 0 aliphatic rings. The van der Waals surface area contributed by atoms with Crippen LogP contribution in [0.5, 0.6) is 5.75 Å². The maximum Gasteiger partial charge on any atom is 0.268 e. The third-order valence-corrected chi connectivity index (χ3v) is 4.69. The van der Waals surface area contributed by atoms with E-state index in [9.17, 15) is 10.1 Å². The minimum absolute atomic E-state index is 0.0140. The molecule has 7 nitrogen and oxygen atoms in total. The number of nitrogens with one attached hydrogen (secondary N) is 1. The van der Waals surface area contributed by atoms with Gasteiger partial charge in [-0.05, 0) is 35.9 Å². The van der Waals surface area contributed by atoms with Crippen LogP contribution < -0.4 is 15.0 Å². The molecule has 0 atom stereocenters. The third kappa shape index (κ3) is 5.64. The highest BCUT2D eigenvalue weighted by Crippen LogP contribution is 2.19. The number of hydrogen-bond acceptors (Lipinski definition) is 7. The lowest BCUT2D eigenvalue weighted by atomic mass is 10.1. The van der Waals surface area contributed by atoms with Gasteiger partial charge in [-0.3, -0.25) is 10.1 Å². The first-order valence-corrected chi connectivity index (χ1v) is 9.57.